The highest BCUT2D eigenvalue weighted by atomic mass is 35.5. The predicted octanol–water partition coefficient (Wildman–Crippen LogP) is 3.35. The van der Waals surface area contributed by atoms with Crippen LogP contribution in [-0.2, 0) is 16.3 Å². The first-order valence-electron chi connectivity index (χ1n) is 6.65. The summed E-state index contributed by atoms with van der Waals surface area (Å²) in [6, 6.07) is 16.9. The van der Waals surface area contributed by atoms with Crippen LogP contribution in [0.1, 0.15) is 5.56 Å². The SMILES string of the molecule is CS(=O)(=O)c1ccc(NC(CCl)Cc2ccccc2)cc1. The molecule has 0 amide bonds. The van der Waals surface area contributed by atoms with E-state index in [9.17, 15) is 8.42 Å². The second kappa shape index (κ2) is 6.96. The Hall–Kier alpha value is -1.52. The molecule has 21 heavy (non-hydrogen) atoms. The lowest BCUT2D eigenvalue weighted by Gasteiger charge is -2.17. The summed E-state index contributed by atoms with van der Waals surface area (Å²) in [5, 5.41) is 3.33. The van der Waals surface area contributed by atoms with Crippen molar-refractivity contribution in [1.29, 1.82) is 0 Å². The molecule has 2 aromatic rings. The van der Waals surface area contributed by atoms with Gasteiger partial charge >= 0.3 is 0 Å². The van der Waals surface area contributed by atoms with E-state index in [-0.39, 0.29) is 6.04 Å². The van der Waals surface area contributed by atoms with Crippen LogP contribution in [0.3, 0.4) is 0 Å². The lowest BCUT2D eigenvalue weighted by molar-refractivity contribution is 0.602. The van der Waals surface area contributed by atoms with Crippen molar-refractivity contribution in [3.63, 3.8) is 0 Å². The first-order chi connectivity index (χ1) is 9.99. The molecule has 0 fully saturated rings. The Balaban J connectivity index is 2.05. The van der Waals surface area contributed by atoms with Gasteiger partial charge in [0.1, 0.15) is 0 Å². The average Bonchev–Trinajstić information content (AvgIpc) is 2.47. The number of nitrogens with one attached hydrogen (secondary N) is 1. The molecule has 3 nitrogen and oxygen atoms in total. The lowest BCUT2D eigenvalue weighted by Crippen LogP contribution is -2.24. The molecule has 0 aromatic heterocycles. The summed E-state index contributed by atoms with van der Waals surface area (Å²) in [7, 11) is -3.16. The van der Waals surface area contributed by atoms with E-state index >= 15 is 0 Å². The minimum absolute atomic E-state index is 0.0955. The lowest BCUT2D eigenvalue weighted by atomic mass is 10.1. The van der Waals surface area contributed by atoms with E-state index in [4.69, 9.17) is 11.6 Å². The van der Waals surface area contributed by atoms with Gasteiger partial charge in [0.15, 0.2) is 9.84 Å². The predicted molar refractivity (Wildman–Crippen MR) is 87.8 cm³/mol. The number of sulfone groups is 1. The molecule has 0 saturated heterocycles. The smallest absolute Gasteiger partial charge is 0.175 e. The fourth-order valence-corrected chi connectivity index (χ4v) is 2.89. The van der Waals surface area contributed by atoms with Gasteiger partial charge < -0.3 is 5.32 Å². The summed E-state index contributed by atoms with van der Waals surface area (Å²) in [6.07, 6.45) is 2.02. The van der Waals surface area contributed by atoms with Crippen LogP contribution in [0, 0.1) is 0 Å². The number of halogens is 1. The van der Waals surface area contributed by atoms with E-state index in [0.29, 0.717) is 10.8 Å². The van der Waals surface area contributed by atoms with E-state index in [0.717, 1.165) is 12.1 Å². The van der Waals surface area contributed by atoms with Crippen LogP contribution in [0.4, 0.5) is 5.69 Å². The normalized spacial score (nSPS) is 12.9. The van der Waals surface area contributed by atoms with E-state index < -0.39 is 9.84 Å². The molecule has 0 bridgehead atoms. The standard InChI is InChI=1S/C16H18ClNO2S/c1-21(19,20)16-9-7-14(8-10-16)18-15(12-17)11-13-5-3-2-4-6-13/h2-10,15,18H,11-12H2,1H3. The summed E-state index contributed by atoms with van der Waals surface area (Å²) in [5.41, 5.74) is 2.08. The molecule has 1 N–H and O–H groups in total. The van der Waals surface area contributed by atoms with E-state index in [1.54, 1.807) is 24.3 Å². The second-order valence-electron chi connectivity index (χ2n) is 4.98. The van der Waals surface area contributed by atoms with Crippen molar-refractivity contribution in [1.82, 2.24) is 0 Å². The number of hydrogen-bond acceptors (Lipinski definition) is 3. The highest BCUT2D eigenvalue weighted by Gasteiger charge is 2.10. The van der Waals surface area contributed by atoms with Crippen molar-refractivity contribution in [2.75, 3.05) is 17.5 Å². The highest BCUT2D eigenvalue weighted by Crippen LogP contribution is 2.16. The van der Waals surface area contributed by atoms with Gasteiger partial charge in [-0.05, 0) is 36.2 Å². The minimum Gasteiger partial charge on any atom is -0.381 e. The zero-order chi connectivity index (χ0) is 15.3. The Morgan fingerprint density at radius 3 is 2.19 bits per heavy atom. The molecule has 0 saturated carbocycles. The van der Waals surface area contributed by atoms with Crippen LogP contribution in [0.15, 0.2) is 59.5 Å². The van der Waals surface area contributed by atoms with Gasteiger partial charge in [0.05, 0.1) is 4.90 Å². The highest BCUT2D eigenvalue weighted by molar-refractivity contribution is 7.90. The first kappa shape index (κ1) is 15.9. The van der Waals surface area contributed by atoms with Crippen LogP contribution in [0.5, 0.6) is 0 Å². The van der Waals surface area contributed by atoms with Gasteiger partial charge in [0.2, 0.25) is 0 Å². The molecule has 0 aliphatic carbocycles. The molecule has 5 heteroatoms. The number of alkyl halides is 1. The average molecular weight is 324 g/mol. The van der Waals surface area contributed by atoms with Crippen LogP contribution >= 0.6 is 11.6 Å². The van der Waals surface area contributed by atoms with Gasteiger partial charge in [-0.1, -0.05) is 30.3 Å². The van der Waals surface area contributed by atoms with Crippen molar-refractivity contribution >= 4 is 27.1 Å². The van der Waals surface area contributed by atoms with Crippen LogP contribution in [-0.4, -0.2) is 26.6 Å². The minimum atomic E-state index is -3.16. The molecule has 1 atom stereocenters. The number of hydrogen-bond donors (Lipinski definition) is 1. The Bertz CT molecular complexity index is 669. The van der Waals surface area contributed by atoms with Gasteiger partial charge in [-0.3, -0.25) is 0 Å². The monoisotopic (exact) mass is 323 g/mol. The molecule has 0 aliphatic heterocycles. The summed E-state index contributed by atoms with van der Waals surface area (Å²) in [4.78, 5) is 0.318. The van der Waals surface area contributed by atoms with Gasteiger partial charge in [-0.2, -0.15) is 0 Å². The number of rotatable bonds is 6. The number of anilines is 1. The van der Waals surface area contributed by atoms with Crippen molar-refractivity contribution in [3.8, 4) is 0 Å². The van der Waals surface area contributed by atoms with Gasteiger partial charge in [0.25, 0.3) is 0 Å². The maximum absolute atomic E-state index is 11.4. The second-order valence-corrected chi connectivity index (χ2v) is 7.31. The quantitative estimate of drug-likeness (QED) is 0.829. The van der Waals surface area contributed by atoms with E-state index in [2.05, 4.69) is 17.4 Å². The molecule has 2 aromatic carbocycles. The van der Waals surface area contributed by atoms with Crippen LogP contribution < -0.4 is 5.32 Å². The third-order valence-electron chi connectivity index (χ3n) is 3.16. The number of benzene rings is 2. The Labute approximate surface area is 130 Å². The summed E-state index contributed by atoms with van der Waals surface area (Å²) in [6.45, 7) is 0. The molecule has 0 aliphatic rings. The van der Waals surface area contributed by atoms with Crippen LogP contribution in [0.2, 0.25) is 0 Å². The molecule has 0 heterocycles. The molecule has 1 unspecified atom stereocenters. The summed E-state index contributed by atoms with van der Waals surface area (Å²) in [5.74, 6) is 0.475. The van der Waals surface area contributed by atoms with Crippen molar-refractivity contribution < 1.29 is 8.42 Å². The zero-order valence-corrected chi connectivity index (χ0v) is 13.4. The van der Waals surface area contributed by atoms with E-state index in [1.165, 1.54) is 11.8 Å². The van der Waals surface area contributed by atoms with Gasteiger partial charge in [-0.15, -0.1) is 11.6 Å². The maximum atomic E-state index is 11.4. The largest absolute Gasteiger partial charge is 0.381 e. The van der Waals surface area contributed by atoms with Crippen molar-refractivity contribution in [2.45, 2.75) is 17.4 Å². The Morgan fingerprint density at radius 1 is 1.05 bits per heavy atom. The fraction of sp³-hybridized carbons (Fsp3) is 0.250. The Morgan fingerprint density at radius 2 is 1.67 bits per heavy atom. The van der Waals surface area contributed by atoms with Crippen LogP contribution in [0.25, 0.3) is 0 Å². The molecule has 2 rings (SSSR count). The molecule has 0 radical (unpaired) electrons. The van der Waals surface area contributed by atoms with Gasteiger partial charge in [0, 0.05) is 23.9 Å². The van der Waals surface area contributed by atoms with Gasteiger partial charge in [-0.25, -0.2) is 8.42 Å². The van der Waals surface area contributed by atoms with E-state index in [1.807, 2.05) is 18.2 Å². The molecule has 0 spiro atoms. The maximum Gasteiger partial charge on any atom is 0.175 e. The van der Waals surface area contributed by atoms with Crippen molar-refractivity contribution in [3.05, 3.63) is 60.2 Å². The third kappa shape index (κ3) is 4.76. The first-order valence-corrected chi connectivity index (χ1v) is 9.08. The Kier molecular flexibility index (Phi) is 5.26. The third-order valence-corrected chi connectivity index (χ3v) is 4.67. The topological polar surface area (TPSA) is 46.2 Å². The van der Waals surface area contributed by atoms with Crippen molar-refractivity contribution in [2.24, 2.45) is 0 Å². The molecular formula is C16H18ClNO2S. The molecule has 112 valence electrons. The summed E-state index contributed by atoms with van der Waals surface area (Å²) >= 11 is 6.01. The zero-order valence-electron chi connectivity index (χ0n) is 11.8. The molecular weight excluding hydrogens is 306 g/mol. The summed E-state index contributed by atoms with van der Waals surface area (Å²) < 4.78 is 22.8. The fourth-order valence-electron chi connectivity index (χ4n) is 2.08.